The zero-order chi connectivity index (χ0) is 10.0. The van der Waals surface area contributed by atoms with Gasteiger partial charge < -0.3 is 10.1 Å². The zero-order valence-electron chi connectivity index (χ0n) is 8.09. The van der Waals surface area contributed by atoms with Crippen molar-refractivity contribution in [3.8, 4) is 0 Å². The molecule has 0 unspecified atom stereocenters. The Balaban J connectivity index is 2.31. The van der Waals surface area contributed by atoms with Gasteiger partial charge in [-0.15, -0.1) is 0 Å². The number of rotatable bonds is 2. The van der Waals surface area contributed by atoms with Gasteiger partial charge in [-0.25, -0.2) is 9.89 Å². The number of ether oxygens (including phenoxy) is 1. The van der Waals surface area contributed by atoms with E-state index in [1.54, 1.807) is 7.11 Å². The van der Waals surface area contributed by atoms with Crippen LogP contribution in [0.4, 0.5) is 0 Å². The van der Waals surface area contributed by atoms with Crippen LogP contribution in [0.1, 0.15) is 18.7 Å². The van der Waals surface area contributed by atoms with Crippen LogP contribution in [0.3, 0.4) is 0 Å². The molecule has 0 saturated carbocycles. The molecule has 78 valence electrons. The van der Waals surface area contributed by atoms with Gasteiger partial charge in [-0.3, -0.25) is 4.98 Å². The maximum Gasteiger partial charge on any atom is 0.340 e. The Bertz CT molecular complexity index is 350. The first-order chi connectivity index (χ1) is 6.77. The van der Waals surface area contributed by atoms with Crippen molar-refractivity contribution in [2.45, 2.75) is 18.4 Å². The lowest BCUT2D eigenvalue weighted by Crippen LogP contribution is -2.42. The van der Waals surface area contributed by atoms with Gasteiger partial charge in [0.1, 0.15) is 5.60 Å². The molecular weight excluding hydrogens is 184 g/mol. The summed E-state index contributed by atoms with van der Waals surface area (Å²) in [6.07, 6.45) is 1.65. The molecule has 0 radical (unpaired) electrons. The molecule has 0 spiro atoms. The monoisotopic (exact) mass is 198 g/mol. The molecule has 1 aliphatic rings. The molecule has 2 heterocycles. The Kier molecular flexibility index (Phi) is 2.39. The number of nitrogens with zero attached hydrogens (tertiary/aromatic N) is 1. The number of aromatic amines is 2. The van der Waals surface area contributed by atoms with E-state index in [2.05, 4.69) is 20.5 Å². The van der Waals surface area contributed by atoms with Crippen LogP contribution in [0, 0.1) is 0 Å². The number of piperidine rings is 1. The number of methoxy groups -OCH3 is 1. The standard InChI is InChI=1S/C8H14N4O2/c1-14-8(2-4-9-5-3-8)6-10-7(13)12-11-6/h9H,2-5H2,1H3,(H2,10,11,12,13). The smallest absolute Gasteiger partial charge is 0.340 e. The van der Waals surface area contributed by atoms with Gasteiger partial charge in [-0.1, -0.05) is 0 Å². The highest BCUT2D eigenvalue weighted by Crippen LogP contribution is 2.30. The van der Waals surface area contributed by atoms with Crippen LogP contribution < -0.4 is 11.0 Å². The fourth-order valence-electron chi connectivity index (χ4n) is 1.85. The van der Waals surface area contributed by atoms with E-state index in [9.17, 15) is 4.79 Å². The quantitative estimate of drug-likeness (QED) is 0.588. The molecule has 1 saturated heterocycles. The first kappa shape index (κ1) is 9.42. The second-order valence-electron chi connectivity index (χ2n) is 3.47. The summed E-state index contributed by atoms with van der Waals surface area (Å²) < 4.78 is 5.49. The van der Waals surface area contributed by atoms with Crippen molar-refractivity contribution in [1.82, 2.24) is 20.5 Å². The summed E-state index contributed by atoms with van der Waals surface area (Å²) in [6, 6.07) is 0. The van der Waals surface area contributed by atoms with Crippen LogP contribution >= 0.6 is 0 Å². The second kappa shape index (κ2) is 3.55. The highest BCUT2D eigenvalue weighted by molar-refractivity contribution is 5.02. The Morgan fingerprint density at radius 3 is 2.64 bits per heavy atom. The van der Waals surface area contributed by atoms with Gasteiger partial charge in [0.2, 0.25) is 0 Å². The molecule has 1 aromatic heterocycles. The first-order valence-electron chi connectivity index (χ1n) is 4.68. The lowest BCUT2D eigenvalue weighted by molar-refractivity contribution is -0.0459. The highest BCUT2D eigenvalue weighted by Gasteiger charge is 2.36. The molecule has 0 atom stereocenters. The molecule has 0 aromatic carbocycles. The van der Waals surface area contributed by atoms with Gasteiger partial charge in [0.25, 0.3) is 0 Å². The molecule has 6 heteroatoms. The van der Waals surface area contributed by atoms with E-state index in [1.807, 2.05) is 0 Å². The molecule has 0 aliphatic carbocycles. The van der Waals surface area contributed by atoms with Crippen LogP contribution in [0.5, 0.6) is 0 Å². The average molecular weight is 198 g/mol. The van der Waals surface area contributed by atoms with Crippen molar-refractivity contribution in [1.29, 1.82) is 0 Å². The topological polar surface area (TPSA) is 82.8 Å². The minimum Gasteiger partial charge on any atom is -0.370 e. The Morgan fingerprint density at radius 1 is 1.43 bits per heavy atom. The minimum absolute atomic E-state index is 0.282. The number of aromatic nitrogens is 3. The van der Waals surface area contributed by atoms with Crippen LogP contribution in [0.25, 0.3) is 0 Å². The summed E-state index contributed by atoms with van der Waals surface area (Å²) in [6.45, 7) is 1.76. The Labute approximate surface area is 81.1 Å². The van der Waals surface area contributed by atoms with Gasteiger partial charge in [0, 0.05) is 7.11 Å². The summed E-state index contributed by atoms with van der Waals surface area (Å²) in [5.41, 5.74) is -0.709. The van der Waals surface area contributed by atoms with Crippen molar-refractivity contribution in [3.05, 3.63) is 16.3 Å². The molecule has 14 heavy (non-hydrogen) atoms. The second-order valence-corrected chi connectivity index (χ2v) is 3.47. The van der Waals surface area contributed by atoms with E-state index < -0.39 is 5.60 Å². The lowest BCUT2D eigenvalue weighted by atomic mass is 9.91. The van der Waals surface area contributed by atoms with E-state index in [0.717, 1.165) is 25.9 Å². The summed E-state index contributed by atoms with van der Waals surface area (Å²) >= 11 is 0. The van der Waals surface area contributed by atoms with E-state index in [0.29, 0.717) is 5.82 Å². The molecule has 0 amide bonds. The van der Waals surface area contributed by atoms with E-state index in [1.165, 1.54) is 0 Å². The predicted octanol–water partition coefficient (Wildman–Crippen LogP) is -0.677. The normalized spacial score (nSPS) is 20.9. The van der Waals surface area contributed by atoms with Crippen LogP contribution in [-0.2, 0) is 10.3 Å². The molecular formula is C8H14N4O2. The molecule has 1 aromatic rings. The van der Waals surface area contributed by atoms with Crippen molar-refractivity contribution in [3.63, 3.8) is 0 Å². The maximum absolute atomic E-state index is 10.9. The third-order valence-electron chi connectivity index (χ3n) is 2.73. The van der Waals surface area contributed by atoms with Crippen molar-refractivity contribution < 1.29 is 4.74 Å². The highest BCUT2D eigenvalue weighted by atomic mass is 16.5. The predicted molar refractivity (Wildman–Crippen MR) is 50.0 cm³/mol. The zero-order valence-corrected chi connectivity index (χ0v) is 8.09. The fraction of sp³-hybridized carbons (Fsp3) is 0.750. The number of H-pyrrole nitrogens is 2. The van der Waals surface area contributed by atoms with Gasteiger partial charge in [-0.2, -0.15) is 5.10 Å². The molecule has 1 fully saturated rings. The van der Waals surface area contributed by atoms with Crippen molar-refractivity contribution in [2.75, 3.05) is 20.2 Å². The number of nitrogens with one attached hydrogen (secondary N) is 3. The molecule has 6 nitrogen and oxygen atoms in total. The minimum atomic E-state index is -0.426. The van der Waals surface area contributed by atoms with Crippen molar-refractivity contribution in [2.24, 2.45) is 0 Å². The third kappa shape index (κ3) is 1.46. The van der Waals surface area contributed by atoms with Crippen LogP contribution in [-0.4, -0.2) is 35.4 Å². The summed E-state index contributed by atoms with van der Waals surface area (Å²) in [4.78, 5) is 13.6. The summed E-state index contributed by atoms with van der Waals surface area (Å²) in [5, 5.41) is 9.54. The molecule has 3 N–H and O–H groups in total. The molecule has 0 bridgehead atoms. The van der Waals surface area contributed by atoms with Crippen molar-refractivity contribution >= 4 is 0 Å². The van der Waals surface area contributed by atoms with Gasteiger partial charge in [-0.05, 0) is 25.9 Å². The Hall–Kier alpha value is -1.14. The Morgan fingerprint density at radius 2 is 2.14 bits per heavy atom. The average Bonchev–Trinajstić information content (AvgIpc) is 2.66. The van der Waals surface area contributed by atoms with Crippen LogP contribution in [0.15, 0.2) is 4.79 Å². The largest absolute Gasteiger partial charge is 0.370 e. The van der Waals surface area contributed by atoms with Gasteiger partial charge >= 0.3 is 5.69 Å². The summed E-state index contributed by atoms with van der Waals surface area (Å²) in [7, 11) is 1.65. The van der Waals surface area contributed by atoms with Gasteiger partial charge in [0.15, 0.2) is 5.82 Å². The van der Waals surface area contributed by atoms with E-state index in [-0.39, 0.29) is 5.69 Å². The van der Waals surface area contributed by atoms with Gasteiger partial charge in [0.05, 0.1) is 0 Å². The first-order valence-corrected chi connectivity index (χ1v) is 4.68. The SMILES string of the molecule is COC1(c2n[nH]c(=O)[nH]2)CCNCC1. The van der Waals surface area contributed by atoms with E-state index >= 15 is 0 Å². The van der Waals surface area contributed by atoms with E-state index in [4.69, 9.17) is 4.74 Å². The third-order valence-corrected chi connectivity index (χ3v) is 2.73. The fourth-order valence-corrected chi connectivity index (χ4v) is 1.85. The lowest BCUT2D eigenvalue weighted by Gasteiger charge is -2.33. The van der Waals surface area contributed by atoms with Crippen LogP contribution in [0.2, 0.25) is 0 Å². The molecule has 1 aliphatic heterocycles. The number of hydrogen-bond acceptors (Lipinski definition) is 4. The molecule has 2 rings (SSSR count). The number of hydrogen-bond donors (Lipinski definition) is 3. The maximum atomic E-state index is 10.9. The summed E-state index contributed by atoms with van der Waals surface area (Å²) in [5.74, 6) is 0.603.